The first-order valence-electron chi connectivity index (χ1n) is 12.9. The van der Waals surface area contributed by atoms with Crippen LogP contribution in [0.1, 0.15) is 58.2 Å². The molecule has 2 fully saturated rings. The number of amides is 1. The number of aliphatic hydroxyl groups is 1. The molecule has 1 aliphatic carbocycles. The van der Waals surface area contributed by atoms with Gasteiger partial charge in [0, 0.05) is 45.0 Å². The topological polar surface area (TPSA) is 83.7 Å². The molecule has 0 bridgehead atoms. The predicted octanol–water partition coefficient (Wildman–Crippen LogP) is 3.66. The van der Waals surface area contributed by atoms with Gasteiger partial charge in [-0.1, -0.05) is 12.1 Å². The Morgan fingerprint density at radius 2 is 1.92 bits per heavy atom. The molecule has 2 aromatic carbocycles. The van der Waals surface area contributed by atoms with E-state index in [9.17, 15) is 23.1 Å². The Balaban J connectivity index is 1.34. The number of methoxy groups -OCH3 is 1. The number of rotatable bonds is 6. The SMILES string of the molecule is CO[C@H]1C[C@](c2cccc(N3Cc4c(cc(CN5CC(C)(O)C5)cc4C(F)(F)F)C3=O)c2)(c2nncn2C)C1. The van der Waals surface area contributed by atoms with Gasteiger partial charge in [0.2, 0.25) is 0 Å². The smallest absolute Gasteiger partial charge is 0.388 e. The highest BCUT2D eigenvalue weighted by molar-refractivity contribution is 6.10. The van der Waals surface area contributed by atoms with E-state index in [2.05, 4.69) is 10.2 Å². The Labute approximate surface area is 224 Å². The molecule has 206 valence electrons. The number of anilines is 1. The number of nitrogens with zero attached hydrogens (tertiary/aromatic N) is 5. The van der Waals surface area contributed by atoms with Gasteiger partial charge in [0.25, 0.3) is 5.91 Å². The van der Waals surface area contributed by atoms with Gasteiger partial charge in [-0.15, -0.1) is 10.2 Å². The van der Waals surface area contributed by atoms with Crippen LogP contribution in [0.25, 0.3) is 0 Å². The quantitative estimate of drug-likeness (QED) is 0.513. The van der Waals surface area contributed by atoms with Crippen LogP contribution in [-0.4, -0.2) is 62.6 Å². The highest BCUT2D eigenvalue weighted by atomic mass is 19.4. The summed E-state index contributed by atoms with van der Waals surface area (Å²) < 4.78 is 49.9. The zero-order valence-corrected chi connectivity index (χ0v) is 22.0. The molecule has 0 atom stereocenters. The second-order valence-corrected chi connectivity index (χ2v) is 11.4. The molecular weight excluding hydrogens is 511 g/mol. The van der Waals surface area contributed by atoms with Gasteiger partial charge in [0.05, 0.1) is 29.2 Å². The molecule has 1 amide bonds. The third-order valence-corrected chi connectivity index (χ3v) is 8.28. The molecule has 0 spiro atoms. The van der Waals surface area contributed by atoms with Crippen molar-refractivity contribution in [2.24, 2.45) is 7.05 Å². The van der Waals surface area contributed by atoms with Crippen LogP contribution in [0, 0.1) is 0 Å². The minimum absolute atomic E-state index is 0.0108. The fraction of sp³-hybridized carbons (Fsp3) is 0.464. The summed E-state index contributed by atoms with van der Waals surface area (Å²) in [6, 6.07) is 10.1. The molecule has 0 radical (unpaired) electrons. The highest BCUT2D eigenvalue weighted by Crippen LogP contribution is 2.50. The van der Waals surface area contributed by atoms with Crippen molar-refractivity contribution in [1.29, 1.82) is 0 Å². The first kappa shape index (κ1) is 26.0. The summed E-state index contributed by atoms with van der Waals surface area (Å²) in [7, 11) is 3.54. The lowest BCUT2D eigenvalue weighted by Gasteiger charge is -2.46. The molecule has 11 heteroatoms. The first-order valence-corrected chi connectivity index (χ1v) is 12.9. The zero-order valence-electron chi connectivity index (χ0n) is 22.0. The van der Waals surface area contributed by atoms with Crippen LogP contribution in [0.5, 0.6) is 0 Å². The summed E-state index contributed by atoms with van der Waals surface area (Å²) in [5, 5.41) is 18.4. The van der Waals surface area contributed by atoms with Crippen molar-refractivity contribution in [1.82, 2.24) is 19.7 Å². The molecule has 8 nitrogen and oxygen atoms in total. The molecule has 3 heterocycles. The summed E-state index contributed by atoms with van der Waals surface area (Å²) in [5.41, 5.74) is -0.187. The van der Waals surface area contributed by atoms with Crippen molar-refractivity contribution >= 4 is 11.6 Å². The lowest BCUT2D eigenvalue weighted by Crippen LogP contribution is -2.59. The average molecular weight is 542 g/mol. The summed E-state index contributed by atoms with van der Waals surface area (Å²) in [6.45, 7) is 2.50. The van der Waals surface area contributed by atoms with Crippen LogP contribution < -0.4 is 4.90 Å². The number of likely N-dealkylation sites (tertiary alicyclic amines) is 1. The Hall–Kier alpha value is -3.28. The number of hydrogen-bond acceptors (Lipinski definition) is 6. The van der Waals surface area contributed by atoms with Gasteiger partial charge in [-0.05, 0) is 60.7 Å². The number of halogens is 3. The Morgan fingerprint density at radius 1 is 1.18 bits per heavy atom. The van der Waals surface area contributed by atoms with Crippen molar-refractivity contribution in [2.75, 3.05) is 25.1 Å². The number of ether oxygens (including phenoxy) is 1. The second kappa shape index (κ2) is 8.87. The molecule has 1 saturated heterocycles. The molecule has 39 heavy (non-hydrogen) atoms. The zero-order chi connectivity index (χ0) is 27.7. The number of β-amino-alcohol motifs (C(OH)–C–C–N with tert-alkyl or cyclic N) is 1. The van der Waals surface area contributed by atoms with Crippen molar-refractivity contribution in [3.63, 3.8) is 0 Å². The third-order valence-electron chi connectivity index (χ3n) is 8.28. The number of carbonyl (C=O) groups excluding carboxylic acids is 1. The van der Waals surface area contributed by atoms with Crippen LogP contribution in [0.4, 0.5) is 18.9 Å². The monoisotopic (exact) mass is 541 g/mol. The van der Waals surface area contributed by atoms with Gasteiger partial charge in [-0.3, -0.25) is 9.69 Å². The van der Waals surface area contributed by atoms with Gasteiger partial charge in [-0.25, -0.2) is 0 Å². The van der Waals surface area contributed by atoms with Crippen molar-refractivity contribution in [2.45, 2.75) is 56.2 Å². The predicted molar refractivity (Wildman–Crippen MR) is 136 cm³/mol. The maximum Gasteiger partial charge on any atom is 0.416 e. The second-order valence-electron chi connectivity index (χ2n) is 11.4. The molecule has 1 aromatic heterocycles. The number of aromatic nitrogens is 3. The molecule has 3 aliphatic rings. The van der Waals surface area contributed by atoms with E-state index in [1.54, 1.807) is 32.5 Å². The summed E-state index contributed by atoms with van der Waals surface area (Å²) in [5.74, 6) is 0.319. The molecule has 1 N–H and O–H groups in total. The van der Waals surface area contributed by atoms with Gasteiger partial charge in [-0.2, -0.15) is 13.2 Å². The van der Waals surface area contributed by atoms with E-state index in [1.165, 1.54) is 4.90 Å². The van der Waals surface area contributed by atoms with Crippen molar-refractivity contribution in [3.8, 4) is 0 Å². The van der Waals surface area contributed by atoms with Crippen LogP contribution in [-0.2, 0) is 36.5 Å². The molecule has 6 rings (SSSR count). The number of hydrogen-bond donors (Lipinski definition) is 1. The van der Waals surface area contributed by atoms with Crippen LogP contribution >= 0.6 is 0 Å². The minimum Gasteiger partial charge on any atom is -0.388 e. The highest BCUT2D eigenvalue weighted by Gasteiger charge is 2.50. The maximum atomic E-state index is 14.2. The average Bonchev–Trinajstić information content (AvgIpc) is 3.40. The molecule has 2 aliphatic heterocycles. The summed E-state index contributed by atoms with van der Waals surface area (Å²) in [4.78, 5) is 16.9. The molecule has 1 saturated carbocycles. The lowest BCUT2D eigenvalue weighted by atomic mass is 9.62. The van der Waals surface area contributed by atoms with E-state index < -0.39 is 28.7 Å². The fourth-order valence-electron chi connectivity index (χ4n) is 6.43. The fourth-order valence-corrected chi connectivity index (χ4v) is 6.43. The molecule has 3 aromatic rings. The Kier molecular flexibility index (Phi) is 5.91. The maximum absolute atomic E-state index is 14.2. The largest absolute Gasteiger partial charge is 0.416 e. The Bertz CT molecular complexity index is 1440. The van der Waals surface area contributed by atoms with E-state index in [0.717, 1.165) is 17.5 Å². The van der Waals surface area contributed by atoms with Gasteiger partial charge >= 0.3 is 6.18 Å². The van der Waals surface area contributed by atoms with Crippen LogP contribution in [0.3, 0.4) is 0 Å². The van der Waals surface area contributed by atoms with Crippen molar-refractivity contribution < 1.29 is 27.8 Å². The number of alkyl halides is 3. The van der Waals surface area contributed by atoms with E-state index in [4.69, 9.17) is 4.74 Å². The molecular formula is C28H30F3N5O3. The van der Waals surface area contributed by atoms with E-state index in [-0.39, 0.29) is 30.3 Å². The van der Waals surface area contributed by atoms with Gasteiger partial charge in [0.15, 0.2) is 0 Å². The third kappa shape index (κ3) is 4.32. The van der Waals surface area contributed by atoms with E-state index in [0.29, 0.717) is 37.2 Å². The number of benzene rings is 2. The lowest BCUT2D eigenvalue weighted by molar-refractivity contribution is -0.138. The number of aryl methyl sites for hydroxylation is 1. The minimum atomic E-state index is -4.60. The molecule has 0 unspecified atom stereocenters. The van der Waals surface area contributed by atoms with Gasteiger partial charge < -0.3 is 19.3 Å². The summed E-state index contributed by atoms with van der Waals surface area (Å²) in [6.07, 6.45) is -1.56. The Morgan fingerprint density at radius 3 is 2.54 bits per heavy atom. The summed E-state index contributed by atoms with van der Waals surface area (Å²) >= 11 is 0. The first-order chi connectivity index (χ1) is 18.4. The van der Waals surface area contributed by atoms with E-state index >= 15 is 0 Å². The van der Waals surface area contributed by atoms with Gasteiger partial charge in [0.1, 0.15) is 12.2 Å². The number of fused-ring (bicyclic) bond motifs is 1. The normalized spacial score (nSPS) is 24.4. The van der Waals surface area contributed by atoms with Crippen LogP contribution in [0.15, 0.2) is 42.7 Å². The van der Waals surface area contributed by atoms with Crippen LogP contribution in [0.2, 0.25) is 0 Å². The number of carbonyl (C=O) groups is 1. The van der Waals surface area contributed by atoms with E-state index in [1.807, 2.05) is 34.7 Å². The van der Waals surface area contributed by atoms with Crippen molar-refractivity contribution in [3.05, 3.63) is 76.4 Å². The standard InChI is InChI=1S/C28H30F3N5O3/c1-26(38)14-35(15-26)12-17-7-21-22(23(8-17)28(29,30)31)13-36(24(21)37)19-6-4-5-18(9-19)27(10-20(11-27)39-3)25-33-32-16-34(25)2/h4-9,16,20,38H,10-15H2,1-3H3/t20-,27-.